The highest BCUT2D eigenvalue weighted by atomic mass is 32.2. The van der Waals surface area contributed by atoms with E-state index in [0.29, 0.717) is 5.56 Å². The van der Waals surface area contributed by atoms with Crippen molar-refractivity contribution in [3.8, 4) is 0 Å². The van der Waals surface area contributed by atoms with Gasteiger partial charge in [0.25, 0.3) is 0 Å². The molecule has 1 N–H and O–H groups in total. The standard InChI is InChI=1S/C16H21NO3S/c1-21(19,20)15-9-5-6-13(12-15)10-11-16(18)17-14-7-3-2-4-8-14/h5-6,9-12,14H,2-4,7-8H2,1H3,(H,17,18)/b11-10+. The van der Waals surface area contributed by atoms with Gasteiger partial charge in [-0.2, -0.15) is 0 Å². The van der Waals surface area contributed by atoms with E-state index in [0.717, 1.165) is 12.8 Å². The maximum atomic E-state index is 11.9. The van der Waals surface area contributed by atoms with Crippen molar-refractivity contribution < 1.29 is 13.2 Å². The van der Waals surface area contributed by atoms with Gasteiger partial charge in [-0.05, 0) is 36.6 Å². The van der Waals surface area contributed by atoms with Gasteiger partial charge in [-0.15, -0.1) is 0 Å². The van der Waals surface area contributed by atoms with Crippen LogP contribution in [0, 0.1) is 0 Å². The lowest BCUT2D eigenvalue weighted by Crippen LogP contribution is -2.34. The predicted molar refractivity (Wildman–Crippen MR) is 83.6 cm³/mol. The molecule has 21 heavy (non-hydrogen) atoms. The normalized spacial score (nSPS) is 17.0. The van der Waals surface area contributed by atoms with Crippen LogP contribution in [0.3, 0.4) is 0 Å². The zero-order valence-corrected chi connectivity index (χ0v) is 13.0. The Kier molecular flexibility index (Phi) is 5.17. The summed E-state index contributed by atoms with van der Waals surface area (Å²) in [6.45, 7) is 0. The van der Waals surface area contributed by atoms with Crippen LogP contribution in [-0.2, 0) is 14.6 Å². The van der Waals surface area contributed by atoms with Crippen molar-refractivity contribution in [1.29, 1.82) is 0 Å². The van der Waals surface area contributed by atoms with Gasteiger partial charge in [0.1, 0.15) is 0 Å². The van der Waals surface area contributed by atoms with Crippen LogP contribution in [0.25, 0.3) is 6.08 Å². The number of rotatable bonds is 4. The Morgan fingerprint density at radius 1 is 1.24 bits per heavy atom. The number of benzene rings is 1. The van der Waals surface area contributed by atoms with Crippen molar-refractivity contribution in [2.75, 3.05) is 6.26 Å². The van der Waals surface area contributed by atoms with Crippen LogP contribution in [0.4, 0.5) is 0 Å². The van der Waals surface area contributed by atoms with Gasteiger partial charge in [0.2, 0.25) is 5.91 Å². The molecule has 0 aromatic heterocycles. The lowest BCUT2D eigenvalue weighted by atomic mass is 9.95. The van der Waals surface area contributed by atoms with Gasteiger partial charge in [0.15, 0.2) is 9.84 Å². The molecule has 0 radical (unpaired) electrons. The maximum Gasteiger partial charge on any atom is 0.244 e. The van der Waals surface area contributed by atoms with E-state index in [1.807, 2.05) is 0 Å². The number of hydrogen-bond acceptors (Lipinski definition) is 3. The molecule has 5 heteroatoms. The van der Waals surface area contributed by atoms with Crippen molar-refractivity contribution in [2.45, 2.75) is 43.0 Å². The molecule has 2 rings (SSSR count). The highest BCUT2D eigenvalue weighted by Gasteiger charge is 2.14. The summed E-state index contributed by atoms with van der Waals surface area (Å²) in [6, 6.07) is 6.85. The van der Waals surface area contributed by atoms with Gasteiger partial charge in [-0.3, -0.25) is 4.79 Å². The van der Waals surface area contributed by atoms with Crippen LogP contribution in [0.1, 0.15) is 37.7 Å². The molecule has 1 aromatic rings. The molecule has 0 heterocycles. The van der Waals surface area contributed by atoms with E-state index in [2.05, 4.69) is 5.32 Å². The van der Waals surface area contributed by atoms with Crippen LogP contribution in [0.2, 0.25) is 0 Å². The van der Waals surface area contributed by atoms with Crippen molar-refractivity contribution in [3.05, 3.63) is 35.9 Å². The second-order valence-electron chi connectivity index (χ2n) is 5.52. The molecule has 1 aliphatic carbocycles. The summed E-state index contributed by atoms with van der Waals surface area (Å²) >= 11 is 0. The lowest BCUT2D eigenvalue weighted by Gasteiger charge is -2.21. The summed E-state index contributed by atoms with van der Waals surface area (Å²) in [4.78, 5) is 12.1. The first-order chi connectivity index (χ1) is 9.95. The highest BCUT2D eigenvalue weighted by Crippen LogP contribution is 2.17. The minimum Gasteiger partial charge on any atom is -0.350 e. The Labute approximate surface area is 126 Å². The van der Waals surface area contributed by atoms with E-state index < -0.39 is 9.84 Å². The summed E-state index contributed by atoms with van der Waals surface area (Å²) in [6.07, 6.45) is 9.97. The summed E-state index contributed by atoms with van der Waals surface area (Å²) in [5, 5.41) is 2.99. The van der Waals surface area contributed by atoms with E-state index in [4.69, 9.17) is 0 Å². The van der Waals surface area contributed by atoms with Gasteiger partial charge in [0.05, 0.1) is 4.90 Å². The van der Waals surface area contributed by atoms with E-state index in [9.17, 15) is 13.2 Å². The topological polar surface area (TPSA) is 63.2 Å². The third-order valence-corrected chi connectivity index (χ3v) is 4.78. The number of carbonyl (C=O) groups excluding carboxylic acids is 1. The Morgan fingerprint density at radius 2 is 1.95 bits per heavy atom. The molecule has 0 aliphatic heterocycles. The summed E-state index contributed by atoms with van der Waals surface area (Å²) in [5.41, 5.74) is 0.705. The molecule has 114 valence electrons. The fraction of sp³-hybridized carbons (Fsp3) is 0.438. The number of hydrogen-bond donors (Lipinski definition) is 1. The molecule has 0 bridgehead atoms. The van der Waals surface area contributed by atoms with Crippen LogP contribution in [0.5, 0.6) is 0 Å². The molecule has 1 amide bonds. The highest BCUT2D eigenvalue weighted by molar-refractivity contribution is 7.90. The smallest absolute Gasteiger partial charge is 0.244 e. The van der Waals surface area contributed by atoms with Gasteiger partial charge in [-0.1, -0.05) is 31.4 Å². The second-order valence-corrected chi connectivity index (χ2v) is 7.54. The molecule has 1 fully saturated rings. The summed E-state index contributed by atoms with van der Waals surface area (Å²) < 4.78 is 23.0. The molecule has 0 spiro atoms. The predicted octanol–water partition coefficient (Wildman–Crippen LogP) is 2.55. The third kappa shape index (κ3) is 5.01. The molecule has 1 saturated carbocycles. The van der Waals surface area contributed by atoms with Crippen molar-refractivity contribution >= 4 is 21.8 Å². The molecule has 1 aliphatic rings. The molecule has 0 unspecified atom stereocenters. The van der Waals surface area contributed by atoms with Gasteiger partial charge < -0.3 is 5.32 Å². The first kappa shape index (κ1) is 15.8. The second kappa shape index (κ2) is 6.89. The molecular formula is C16H21NO3S. The van der Waals surface area contributed by atoms with Gasteiger partial charge in [0, 0.05) is 18.4 Å². The minimum atomic E-state index is -3.22. The first-order valence-electron chi connectivity index (χ1n) is 7.24. The average molecular weight is 307 g/mol. The SMILES string of the molecule is CS(=O)(=O)c1cccc(/C=C/C(=O)NC2CCCCC2)c1. The molecule has 0 saturated heterocycles. The first-order valence-corrected chi connectivity index (χ1v) is 9.13. The maximum absolute atomic E-state index is 11.9. The summed E-state index contributed by atoms with van der Waals surface area (Å²) in [5.74, 6) is -0.119. The molecule has 4 nitrogen and oxygen atoms in total. The largest absolute Gasteiger partial charge is 0.350 e. The van der Waals surface area contributed by atoms with Gasteiger partial charge in [-0.25, -0.2) is 8.42 Å². The zero-order chi connectivity index (χ0) is 15.3. The number of amides is 1. The van der Waals surface area contributed by atoms with Crippen LogP contribution in [-0.4, -0.2) is 26.6 Å². The Bertz CT molecular complexity index is 629. The monoisotopic (exact) mass is 307 g/mol. The fourth-order valence-electron chi connectivity index (χ4n) is 2.52. The molecule has 1 aromatic carbocycles. The number of nitrogens with one attached hydrogen (secondary N) is 1. The van der Waals surface area contributed by atoms with Crippen molar-refractivity contribution in [1.82, 2.24) is 5.32 Å². The van der Waals surface area contributed by atoms with Crippen LogP contribution >= 0.6 is 0 Å². The van der Waals surface area contributed by atoms with E-state index >= 15 is 0 Å². The molecule has 0 atom stereocenters. The number of carbonyl (C=O) groups is 1. The number of sulfone groups is 1. The van der Waals surface area contributed by atoms with E-state index in [1.165, 1.54) is 31.6 Å². The average Bonchev–Trinajstić information content (AvgIpc) is 2.46. The minimum absolute atomic E-state index is 0.119. The Balaban J connectivity index is 1.98. The zero-order valence-electron chi connectivity index (χ0n) is 12.2. The van der Waals surface area contributed by atoms with Crippen molar-refractivity contribution in [2.24, 2.45) is 0 Å². The Morgan fingerprint density at radius 3 is 2.62 bits per heavy atom. The Hall–Kier alpha value is -1.62. The molecular weight excluding hydrogens is 286 g/mol. The van der Waals surface area contributed by atoms with Crippen LogP contribution in [0.15, 0.2) is 35.2 Å². The van der Waals surface area contributed by atoms with E-state index in [1.54, 1.807) is 30.3 Å². The fourth-order valence-corrected chi connectivity index (χ4v) is 3.19. The van der Waals surface area contributed by atoms with Crippen molar-refractivity contribution in [3.63, 3.8) is 0 Å². The lowest BCUT2D eigenvalue weighted by molar-refractivity contribution is -0.117. The third-order valence-electron chi connectivity index (χ3n) is 3.66. The summed E-state index contributed by atoms with van der Waals surface area (Å²) in [7, 11) is -3.22. The van der Waals surface area contributed by atoms with Crippen LogP contribution < -0.4 is 5.32 Å². The van der Waals surface area contributed by atoms with E-state index in [-0.39, 0.29) is 16.8 Å². The quantitative estimate of drug-likeness (QED) is 0.870. The van der Waals surface area contributed by atoms with Gasteiger partial charge >= 0.3 is 0 Å².